The number of nitrogens with zero attached hydrogens (tertiary/aromatic N) is 4. The molecule has 4 heterocycles. The first-order valence-electron chi connectivity index (χ1n) is 10.2. The van der Waals surface area contributed by atoms with Gasteiger partial charge in [-0.15, -0.1) is 10.2 Å². The summed E-state index contributed by atoms with van der Waals surface area (Å²) in [7, 11) is 0. The fourth-order valence-electron chi connectivity index (χ4n) is 4.71. The van der Waals surface area contributed by atoms with E-state index in [1.807, 2.05) is 23.1 Å². The van der Waals surface area contributed by atoms with Crippen LogP contribution in [0.4, 0.5) is 0 Å². The summed E-state index contributed by atoms with van der Waals surface area (Å²) < 4.78 is 7.73. The summed E-state index contributed by atoms with van der Waals surface area (Å²) in [4.78, 5) is 27.5. The van der Waals surface area contributed by atoms with Gasteiger partial charge in [-0.05, 0) is 37.3 Å². The van der Waals surface area contributed by atoms with E-state index >= 15 is 0 Å². The van der Waals surface area contributed by atoms with Crippen LogP contribution >= 0.6 is 0 Å². The molecule has 5 rings (SSSR count). The Morgan fingerprint density at radius 1 is 1.07 bits per heavy atom. The van der Waals surface area contributed by atoms with Crippen LogP contribution in [-0.2, 0) is 28.9 Å². The van der Waals surface area contributed by atoms with Gasteiger partial charge in [0, 0.05) is 25.9 Å². The van der Waals surface area contributed by atoms with E-state index in [9.17, 15) is 9.59 Å². The van der Waals surface area contributed by atoms with E-state index in [4.69, 9.17) is 4.74 Å². The topological polar surface area (TPSA) is 77.3 Å². The minimum absolute atomic E-state index is 0.0808. The van der Waals surface area contributed by atoms with Gasteiger partial charge in [0.25, 0.3) is 5.91 Å². The lowest BCUT2D eigenvalue weighted by atomic mass is 9.98. The molecule has 2 atom stereocenters. The maximum Gasteiger partial charge on any atom is 0.339 e. The number of aromatic nitrogens is 3. The number of hydrogen-bond donors (Lipinski definition) is 0. The van der Waals surface area contributed by atoms with Gasteiger partial charge in [-0.1, -0.05) is 24.6 Å². The van der Waals surface area contributed by atoms with E-state index in [2.05, 4.69) is 14.8 Å². The largest absolute Gasteiger partial charge is 0.448 e. The van der Waals surface area contributed by atoms with E-state index in [0.717, 1.165) is 55.9 Å². The summed E-state index contributed by atoms with van der Waals surface area (Å²) in [5.74, 6) is 1.40. The van der Waals surface area contributed by atoms with E-state index in [0.29, 0.717) is 18.5 Å². The van der Waals surface area contributed by atoms with E-state index in [1.165, 1.54) is 6.42 Å². The SMILES string of the molecule is O=C1O[C@H](C(=O)N2CCC[C@H]2c2nnc3n2CCCCC3)Cc2ccccc21. The average molecular weight is 380 g/mol. The molecule has 1 aromatic heterocycles. The number of benzene rings is 1. The standard InChI is InChI=1S/C21H24N4O3/c26-20(17-13-14-7-3-4-8-15(14)21(27)28-17)24-12-6-9-16(24)19-23-22-18-10-2-1-5-11-25(18)19/h3-4,7-8,16-17H,1-2,5-6,9-13H2/t16-,17-/m0/s1. The van der Waals surface area contributed by atoms with Crippen molar-refractivity contribution in [2.75, 3.05) is 6.54 Å². The first-order chi connectivity index (χ1) is 13.7. The number of carbonyl (C=O) groups excluding carboxylic acids is 2. The Morgan fingerprint density at radius 2 is 1.96 bits per heavy atom. The molecule has 0 saturated carbocycles. The number of likely N-dealkylation sites (tertiary alicyclic amines) is 1. The third-order valence-corrected chi connectivity index (χ3v) is 6.14. The van der Waals surface area contributed by atoms with Crippen LogP contribution in [0.5, 0.6) is 0 Å². The van der Waals surface area contributed by atoms with Gasteiger partial charge in [0.1, 0.15) is 5.82 Å². The second-order valence-corrected chi connectivity index (χ2v) is 7.88. The first-order valence-corrected chi connectivity index (χ1v) is 10.2. The molecule has 7 heteroatoms. The van der Waals surface area contributed by atoms with Crippen molar-refractivity contribution in [1.29, 1.82) is 0 Å². The minimum Gasteiger partial charge on any atom is -0.448 e. The highest BCUT2D eigenvalue weighted by Gasteiger charge is 2.40. The van der Waals surface area contributed by atoms with E-state index in [1.54, 1.807) is 6.07 Å². The lowest BCUT2D eigenvalue weighted by molar-refractivity contribution is -0.142. The summed E-state index contributed by atoms with van der Waals surface area (Å²) in [5, 5.41) is 8.86. The first kappa shape index (κ1) is 17.4. The van der Waals surface area contributed by atoms with Crippen molar-refractivity contribution < 1.29 is 14.3 Å². The number of rotatable bonds is 2. The van der Waals surface area contributed by atoms with Crippen LogP contribution in [0.15, 0.2) is 24.3 Å². The van der Waals surface area contributed by atoms with Crippen molar-refractivity contribution >= 4 is 11.9 Å². The Morgan fingerprint density at radius 3 is 2.89 bits per heavy atom. The molecule has 3 aliphatic rings. The zero-order valence-electron chi connectivity index (χ0n) is 15.8. The van der Waals surface area contributed by atoms with Crippen molar-refractivity contribution in [1.82, 2.24) is 19.7 Å². The van der Waals surface area contributed by atoms with E-state index in [-0.39, 0.29) is 11.9 Å². The van der Waals surface area contributed by atoms with Gasteiger partial charge < -0.3 is 14.2 Å². The number of fused-ring (bicyclic) bond motifs is 2. The number of amides is 1. The van der Waals surface area contributed by atoms with Gasteiger partial charge in [0.05, 0.1) is 11.6 Å². The van der Waals surface area contributed by atoms with Crippen LogP contribution in [0.1, 0.15) is 65.7 Å². The summed E-state index contributed by atoms with van der Waals surface area (Å²) in [6.45, 7) is 1.59. The molecular weight excluding hydrogens is 356 g/mol. The molecule has 0 N–H and O–H groups in total. The van der Waals surface area contributed by atoms with Crippen LogP contribution in [0, 0.1) is 0 Å². The number of hydrogen-bond acceptors (Lipinski definition) is 5. The fraction of sp³-hybridized carbons (Fsp3) is 0.524. The van der Waals surface area contributed by atoms with Gasteiger partial charge in [0.2, 0.25) is 0 Å². The van der Waals surface area contributed by atoms with Crippen LogP contribution in [0.25, 0.3) is 0 Å². The van der Waals surface area contributed by atoms with E-state index < -0.39 is 12.1 Å². The van der Waals surface area contributed by atoms with Crippen molar-refractivity contribution in [3.8, 4) is 0 Å². The third-order valence-electron chi connectivity index (χ3n) is 6.14. The number of cyclic esters (lactones) is 1. The third kappa shape index (κ3) is 2.89. The molecule has 0 spiro atoms. The summed E-state index contributed by atoms with van der Waals surface area (Å²) >= 11 is 0. The molecule has 1 amide bonds. The maximum absolute atomic E-state index is 13.3. The molecule has 0 radical (unpaired) electrons. The average Bonchev–Trinajstić information content (AvgIpc) is 3.28. The highest BCUT2D eigenvalue weighted by molar-refractivity contribution is 5.95. The van der Waals surface area contributed by atoms with Crippen molar-refractivity contribution in [2.24, 2.45) is 0 Å². The Balaban J connectivity index is 1.40. The molecule has 0 unspecified atom stereocenters. The highest BCUT2D eigenvalue weighted by atomic mass is 16.5. The Bertz CT molecular complexity index is 922. The van der Waals surface area contributed by atoms with Crippen molar-refractivity contribution in [3.63, 3.8) is 0 Å². The predicted octanol–water partition coefficient (Wildman–Crippen LogP) is 2.45. The van der Waals surface area contributed by atoms with Gasteiger partial charge in [0.15, 0.2) is 11.9 Å². The highest BCUT2D eigenvalue weighted by Crippen LogP contribution is 2.34. The smallest absolute Gasteiger partial charge is 0.339 e. The molecule has 2 aromatic rings. The van der Waals surface area contributed by atoms with Crippen LogP contribution in [0.3, 0.4) is 0 Å². The van der Waals surface area contributed by atoms with Crippen LogP contribution in [-0.4, -0.2) is 44.2 Å². The molecule has 0 aliphatic carbocycles. The maximum atomic E-state index is 13.3. The summed E-state index contributed by atoms with van der Waals surface area (Å²) in [6, 6.07) is 7.28. The van der Waals surface area contributed by atoms with Gasteiger partial charge in [-0.25, -0.2) is 4.79 Å². The molecule has 1 aromatic carbocycles. The molecule has 1 fully saturated rings. The van der Waals surface area contributed by atoms with Gasteiger partial charge in [-0.2, -0.15) is 0 Å². The Hall–Kier alpha value is -2.70. The van der Waals surface area contributed by atoms with Gasteiger partial charge >= 0.3 is 5.97 Å². The second-order valence-electron chi connectivity index (χ2n) is 7.88. The lowest BCUT2D eigenvalue weighted by Crippen LogP contribution is -2.44. The molecule has 1 saturated heterocycles. The predicted molar refractivity (Wildman–Crippen MR) is 101 cm³/mol. The summed E-state index contributed by atoms with van der Waals surface area (Å²) in [5.41, 5.74) is 1.44. The summed E-state index contributed by atoms with van der Waals surface area (Å²) in [6.07, 6.45) is 5.89. The van der Waals surface area contributed by atoms with Crippen molar-refractivity contribution in [2.45, 2.75) is 63.6 Å². The molecular formula is C21H24N4O3. The molecule has 0 bridgehead atoms. The minimum atomic E-state index is -0.755. The van der Waals surface area contributed by atoms with Crippen LogP contribution in [0.2, 0.25) is 0 Å². The number of ether oxygens (including phenoxy) is 1. The van der Waals surface area contributed by atoms with Crippen molar-refractivity contribution in [3.05, 3.63) is 47.0 Å². The fourth-order valence-corrected chi connectivity index (χ4v) is 4.71. The lowest BCUT2D eigenvalue weighted by Gasteiger charge is -2.30. The number of esters is 1. The Labute approximate surface area is 163 Å². The zero-order chi connectivity index (χ0) is 19.1. The molecule has 3 aliphatic heterocycles. The Kier molecular flexibility index (Phi) is 4.37. The quantitative estimate of drug-likeness (QED) is 0.748. The monoisotopic (exact) mass is 380 g/mol. The van der Waals surface area contributed by atoms with Crippen LogP contribution < -0.4 is 0 Å². The normalized spacial score (nSPS) is 24.3. The molecule has 28 heavy (non-hydrogen) atoms. The zero-order valence-corrected chi connectivity index (χ0v) is 15.8. The second kappa shape index (κ2) is 7.04. The molecule has 7 nitrogen and oxygen atoms in total. The number of aryl methyl sites for hydroxylation is 1. The number of carbonyl (C=O) groups is 2. The van der Waals surface area contributed by atoms with Gasteiger partial charge in [-0.3, -0.25) is 4.79 Å². The molecule has 146 valence electrons.